The molecular weight excluding hydrogens is 238 g/mol. The van der Waals surface area contributed by atoms with Crippen LogP contribution in [0.3, 0.4) is 0 Å². The van der Waals surface area contributed by atoms with Gasteiger partial charge in [-0.2, -0.15) is 0 Å². The molecule has 0 aliphatic heterocycles. The van der Waals surface area contributed by atoms with Gasteiger partial charge in [0.1, 0.15) is 5.03 Å². The van der Waals surface area contributed by atoms with Crippen LogP contribution >= 0.6 is 11.8 Å². The fourth-order valence-electron chi connectivity index (χ4n) is 1.24. The zero-order chi connectivity index (χ0) is 12.3. The molecule has 2 rings (SSSR count). The lowest BCUT2D eigenvalue weighted by atomic mass is 10.5. The second kappa shape index (κ2) is 5.13. The van der Waals surface area contributed by atoms with Crippen molar-refractivity contribution in [1.29, 1.82) is 0 Å². The third-order valence-electron chi connectivity index (χ3n) is 1.86. The Labute approximate surface area is 103 Å². The monoisotopic (exact) mass is 251 g/mol. The van der Waals surface area contributed by atoms with Gasteiger partial charge in [0.15, 0.2) is 0 Å². The van der Waals surface area contributed by atoms with Crippen molar-refractivity contribution in [3.63, 3.8) is 0 Å². The molecule has 0 aliphatic rings. The van der Waals surface area contributed by atoms with Crippen molar-refractivity contribution < 1.29 is 4.42 Å². The highest BCUT2D eigenvalue weighted by atomic mass is 32.2. The lowest BCUT2D eigenvalue weighted by molar-refractivity contribution is 0.429. The van der Waals surface area contributed by atoms with Crippen LogP contribution in [0.25, 0.3) is 0 Å². The van der Waals surface area contributed by atoms with Crippen molar-refractivity contribution in [3.05, 3.63) is 17.7 Å². The lowest BCUT2D eigenvalue weighted by Crippen LogP contribution is -2.03. The van der Waals surface area contributed by atoms with Crippen molar-refractivity contribution in [3.8, 4) is 0 Å². The second-order valence-corrected chi connectivity index (χ2v) is 4.36. The van der Waals surface area contributed by atoms with E-state index < -0.39 is 0 Å². The highest BCUT2D eigenvalue weighted by Gasteiger charge is 2.08. The van der Waals surface area contributed by atoms with Crippen molar-refractivity contribution >= 4 is 17.7 Å². The topological polar surface area (TPSA) is 76.7 Å². The van der Waals surface area contributed by atoms with Crippen LogP contribution in [-0.4, -0.2) is 26.7 Å². The molecule has 0 saturated heterocycles. The molecule has 17 heavy (non-hydrogen) atoms. The van der Waals surface area contributed by atoms with Crippen molar-refractivity contribution in [2.45, 2.75) is 31.0 Å². The molecule has 2 heterocycles. The van der Waals surface area contributed by atoms with Crippen molar-refractivity contribution in [1.82, 2.24) is 20.2 Å². The van der Waals surface area contributed by atoms with Gasteiger partial charge in [-0.05, 0) is 31.7 Å². The fraction of sp³-hybridized carbons (Fsp3) is 0.400. The normalized spacial score (nSPS) is 10.5. The van der Waals surface area contributed by atoms with E-state index in [1.165, 1.54) is 11.8 Å². The van der Waals surface area contributed by atoms with Gasteiger partial charge in [0.25, 0.3) is 5.22 Å². The van der Waals surface area contributed by atoms with E-state index in [-0.39, 0.29) is 0 Å². The molecule has 2 aromatic heterocycles. The number of aryl methyl sites for hydroxylation is 2. The molecular formula is C10H13N5OS. The molecule has 0 aromatic carbocycles. The van der Waals surface area contributed by atoms with Gasteiger partial charge in [-0.25, -0.2) is 9.97 Å². The Morgan fingerprint density at radius 3 is 2.76 bits per heavy atom. The first-order chi connectivity index (χ1) is 8.17. The summed E-state index contributed by atoms with van der Waals surface area (Å²) in [6, 6.07) is 1.88. The summed E-state index contributed by atoms with van der Waals surface area (Å²) in [4.78, 5) is 8.61. The zero-order valence-corrected chi connectivity index (χ0v) is 10.7. The van der Waals surface area contributed by atoms with Gasteiger partial charge < -0.3 is 9.73 Å². The van der Waals surface area contributed by atoms with Crippen LogP contribution in [-0.2, 0) is 0 Å². The molecule has 0 spiro atoms. The highest BCUT2D eigenvalue weighted by molar-refractivity contribution is 7.99. The predicted octanol–water partition coefficient (Wildman–Crippen LogP) is 2.06. The Morgan fingerprint density at radius 2 is 2.12 bits per heavy atom. The van der Waals surface area contributed by atoms with Crippen LogP contribution in [0.4, 0.5) is 5.95 Å². The van der Waals surface area contributed by atoms with Gasteiger partial charge in [-0.1, -0.05) is 0 Å². The molecule has 7 heteroatoms. The van der Waals surface area contributed by atoms with E-state index in [1.54, 1.807) is 6.92 Å². The van der Waals surface area contributed by atoms with Gasteiger partial charge in [0.2, 0.25) is 11.8 Å². The summed E-state index contributed by atoms with van der Waals surface area (Å²) >= 11 is 1.33. The molecule has 2 aromatic rings. The maximum Gasteiger partial charge on any atom is 0.282 e. The van der Waals surface area contributed by atoms with Crippen LogP contribution in [0.2, 0.25) is 0 Å². The molecule has 0 saturated carbocycles. The second-order valence-electron chi connectivity index (χ2n) is 3.39. The lowest BCUT2D eigenvalue weighted by Gasteiger charge is -2.04. The number of hydrogen-bond acceptors (Lipinski definition) is 7. The van der Waals surface area contributed by atoms with Gasteiger partial charge in [-0.15, -0.1) is 10.2 Å². The molecule has 0 radical (unpaired) electrons. The van der Waals surface area contributed by atoms with E-state index in [9.17, 15) is 0 Å². The zero-order valence-electron chi connectivity index (χ0n) is 9.89. The molecule has 0 fully saturated rings. The number of hydrogen-bond donors (Lipinski definition) is 1. The number of rotatable bonds is 4. The standard InChI is InChI=1S/C10H13N5OS/c1-4-11-9-12-6(2)5-8(13-9)17-10-15-14-7(3)16-10/h5H,4H2,1-3H3,(H,11,12,13). The largest absolute Gasteiger partial charge is 0.416 e. The Hall–Kier alpha value is -1.63. The van der Waals surface area contributed by atoms with Gasteiger partial charge in [0, 0.05) is 19.2 Å². The van der Waals surface area contributed by atoms with Gasteiger partial charge >= 0.3 is 0 Å². The summed E-state index contributed by atoms with van der Waals surface area (Å²) in [5.41, 5.74) is 0.898. The molecule has 0 aliphatic carbocycles. The first kappa shape index (κ1) is 11.8. The summed E-state index contributed by atoms with van der Waals surface area (Å²) in [6.45, 7) is 6.46. The van der Waals surface area contributed by atoms with Crippen LogP contribution < -0.4 is 5.32 Å². The van der Waals surface area contributed by atoms with E-state index in [0.29, 0.717) is 17.1 Å². The number of nitrogens with zero attached hydrogens (tertiary/aromatic N) is 4. The summed E-state index contributed by atoms with van der Waals surface area (Å²) in [5.74, 6) is 1.16. The van der Waals surface area contributed by atoms with Crippen molar-refractivity contribution in [2.75, 3.05) is 11.9 Å². The SMILES string of the molecule is CCNc1nc(C)cc(Sc2nnc(C)o2)n1. The minimum atomic E-state index is 0.489. The first-order valence-corrected chi connectivity index (χ1v) is 6.06. The Bertz CT molecular complexity index is 513. The number of anilines is 1. The van der Waals surface area contributed by atoms with Crippen LogP contribution in [0.5, 0.6) is 0 Å². The fourth-order valence-corrected chi connectivity index (χ4v) is 2.02. The average molecular weight is 251 g/mol. The minimum Gasteiger partial charge on any atom is -0.416 e. The highest BCUT2D eigenvalue weighted by Crippen LogP contribution is 2.25. The van der Waals surface area contributed by atoms with Gasteiger partial charge in [0.05, 0.1) is 0 Å². The maximum atomic E-state index is 5.29. The Morgan fingerprint density at radius 1 is 1.29 bits per heavy atom. The molecule has 0 atom stereocenters. The summed E-state index contributed by atoms with van der Waals surface area (Å²) in [7, 11) is 0. The van der Waals surface area contributed by atoms with E-state index in [0.717, 1.165) is 17.3 Å². The molecule has 6 nitrogen and oxygen atoms in total. The Balaban J connectivity index is 2.20. The smallest absolute Gasteiger partial charge is 0.282 e. The van der Waals surface area contributed by atoms with E-state index in [2.05, 4.69) is 25.5 Å². The van der Waals surface area contributed by atoms with Crippen molar-refractivity contribution in [2.24, 2.45) is 0 Å². The first-order valence-electron chi connectivity index (χ1n) is 5.25. The van der Waals surface area contributed by atoms with E-state index in [1.807, 2.05) is 19.9 Å². The van der Waals surface area contributed by atoms with E-state index in [4.69, 9.17) is 4.42 Å². The third-order valence-corrected chi connectivity index (χ3v) is 2.62. The van der Waals surface area contributed by atoms with Crippen LogP contribution in [0, 0.1) is 13.8 Å². The van der Waals surface area contributed by atoms with E-state index >= 15 is 0 Å². The number of nitrogens with one attached hydrogen (secondary N) is 1. The molecule has 1 N–H and O–H groups in total. The predicted molar refractivity (Wildman–Crippen MR) is 64.1 cm³/mol. The minimum absolute atomic E-state index is 0.489. The third kappa shape index (κ3) is 3.16. The quantitative estimate of drug-likeness (QED) is 0.833. The maximum absolute atomic E-state index is 5.29. The Kier molecular flexibility index (Phi) is 3.58. The molecule has 90 valence electrons. The summed E-state index contributed by atoms with van der Waals surface area (Å²) < 4.78 is 5.29. The summed E-state index contributed by atoms with van der Waals surface area (Å²) in [5, 5.41) is 12.0. The molecule has 0 amide bonds. The van der Waals surface area contributed by atoms with Crippen LogP contribution in [0.15, 0.2) is 20.7 Å². The number of aromatic nitrogens is 4. The van der Waals surface area contributed by atoms with Gasteiger partial charge in [-0.3, -0.25) is 0 Å². The molecule has 0 bridgehead atoms. The average Bonchev–Trinajstić information content (AvgIpc) is 2.63. The summed E-state index contributed by atoms with van der Waals surface area (Å²) in [6.07, 6.45) is 0. The molecule has 0 unspecified atom stereocenters. The van der Waals surface area contributed by atoms with Crippen LogP contribution in [0.1, 0.15) is 18.5 Å².